The summed E-state index contributed by atoms with van der Waals surface area (Å²) >= 11 is 0. The van der Waals surface area contributed by atoms with E-state index < -0.39 is 0 Å². The van der Waals surface area contributed by atoms with E-state index in [1.165, 1.54) is 5.57 Å². The number of hydrogen-bond donors (Lipinski definition) is 1. The standard InChI is InChI=1S/C6H12.C5H11N.C2H6/c1-5(2)6(3)4;1-4(2)5(3)6;1-2/h6H,1H2,2-4H3;4H,3,6H2,1-2H3;1-2H3. The minimum Gasteiger partial charge on any atom is -0.402 e. The second-order valence-electron chi connectivity index (χ2n) is 3.73. The number of rotatable bonds is 2. The molecule has 0 bridgehead atoms. The topological polar surface area (TPSA) is 26.0 Å². The Hall–Kier alpha value is -0.720. The van der Waals surface area contributed by atoms with Gasteiger partial charge in [-0.1, -0.05) is 60.3 Å². The van der Waals surface area contributed by atoms with Crippen molar-refractivity contribution in [2.24, 2.45) is 17.6 Å². The Morgan fingerprint density at radius 2 is 1.07 bits per heavy atom. The highest BCUT2D eigenvalue weighted by atomic mass is 14.6. The van der Waals surface area contributed by atoms with E-state index in [9.17, 15) is 0 Å². The lowest BCUT2D eigenvalue weighted by molar-refractivity contribution is 0.761. The van der Waals surface area contributed by atoms with Gasteiger partial charge in [0.2, 0.25) is 0 Å². The van der Waals surface area contributed by atoms with Crippen molar-refractivity contribution in [2.75, 3.05) is 0 Å². The molecule has 0 aromatic carbocycles. The van der Waals surface area contributed by atoms with E-state index in [0.29, 0.717) is 11.8 Å². The zero-order chi connectivity index (χ0) is 12.3. The van der Waals surface area contributed by atoms with Gasteiger partial charge in [0.05, 0.1) is 0 Å². The Bertz CT molecular complexity index is 125. The number of hydrogen-bond acceptors (Lipinski definition) is 1. The monoisotopic (exact) mass is 199 g/mol. The van der Waals surface area contributed by atoms with E-state index >= 15 is 0 Å². The molecule has 0 heterocycles. The predicted molar refractivity (Wildman–Crippen MR) is 69.2 cm³/mol. The van der Waals surface area contributed by atoms with Crippen LogP contribution < -0.4 is 5.73 Å². The third-order valence-electron chi connectivity index (χ3n) is 1.73. The highest BCUT2D eigenvalue weighted by Gasteiger charge is 1.88. The lowest BCUT2D eigenvalue weighted by Gasteiger charge is -1.98. The van der Waals surface area contributed by atoms with Crippen LogP contribution >= 0.6 is 0 Å². The Balaban J connectivity index is -0.000000147. The van der Waals surface area contributed by atoms with Crippen molar-refractivity contribution in [3.05, 3.63) is 24.4 Å². The van der Waals surface area contributed by atoms with Crippen LogP contribution in [0.5, 0.6) is 0 Å². The van der Waals surface area contributed by atoms with Gasteiger partial charge in [0, 0.05) is 5.70 Å². The van der Waals surface area contributed by atoms with Crippen LogP contribution in [0.2, 0.25) is 0 Å². The lowest BCUT2D eigenvalue weighted by atomic mass is 10.1. The predicted octanol–water partition coefficient (Wildman–Crippen LogP) is 4.36. The van der Waals surface area contributed by atoms with Crippen molar-refractivity contribution in [3.8, 4) is 0 Å². The molecule has 2 N–H and O–H groups in total. The Kier molecular flexibility index (Phi) is 16.6. The van der Waals surface area contributed by atoms with E-state index in [4.69, 9.17) is 5.73 Å². The number of nitrogens with two attached hydrogens (primary N) is 1. The van der Waals surface area contributed by atoms with Crippen LogP contribution in [0, 0.1) is 11.8 Å². The van der Waals surface area contributed by atoms with Crippen molar-refractivity contribution in [3.63, 3.8) is 0 Å². The molecule has 0 aliphatic carbocycles. The summed E-state index contributed by atoms with van der Waals surface area (Å²) in [4.78, 5) is 0. The molecule has 14 heavy (non-hydrogen) atoms. The van der Waals surface area contributed by atoms with Gasteiger partial charge in [-0.15, -0.1) is 0 Å². The van der Waals surface area contributed by atoms with Crippen LogP contribution in [0.15, 0.2) is 24.4 Å². The smallest absolute Gasteiger partial charge is 0.00334 e. The summed E-state index contributed by atoms with van der Waals surface area (Å²) in [5.41, 5.74) is 7.26. The first kappa shape index (κ1) is 18.9. The van der Waals surface area contributed by atoms with Gasteiger partial charge in [0.1, 0.15) is 0 Å². The molecule has 0 radical (unpaired) electrons. The van der Waals surface area contributed by atoms with E-state index in [1.54, 1.807) is 0 Å². The molecule has 1 heteroatoms. The van der Waals surface area contributed by atoms with Crippen LogP contribution in [0.3, 0.4) is 0 Å². The van der Waals surface area contributed by atoms with Gasteiger partial charge in [-0.3, -0.25) is 0 Å². The molecule has 0 unspecified atom stereocenters. The Morgan fingerprint density at radius 1 is 0.929 bits per heavy atom. The van der Waals surface area contributed by atoms with Crippen molar-refractivity contribution < 1.29 is 0 Å². The minimum atomic E-state index is 0.435. The van der Waals surface area contributed by atoms with Crippen LogP contribution in [0.1, 0.15) is 48.5 Å². The van der Waals surface area contributed by atoms with Gasteiger partial charge in [-0.2, -0.15) is 0 Å². The average molecular weight is 199 g/mol. The normalized spacial score (nSPS) is 8.36. The fourth-order valence-electron chi connectivity index (χ4n) is 0. The largest absolute Gasteiger partial charge is 0.402 e. The van der Waals surface area contributed by atoms with Crippen molar-refractivity contribution in [1.29, 1.82) is 0 Å². The maximum atomic E-state index is 5.24. The molecule has 0 fully saturated rings. The van der Waals surface area contributed by atoms with Crippen LogP contribution in [-0.2, 0) is 0 Å². The van der Waals surface area contributed by atoms with Crippen molar-refractivity contribution in [1.82, 2.24) is 0 Å². The fourth-order valence-corrected chi connectivity index (χ4v) is 0. The van der Waals surface area contributed by atoms with Crippen LogP contribution in [0.25, 0.3) is 0 Å². The van der Waals surface area contributed by atoms with Crippen LogP contribution in [0.4, 0.5) is 0 Å². The Labute approximate surface area is 91.1 Å². The lowest BCUT2D eigenvalue weighted by Crippen LogP contribution is -2.01. The van der Waals surface area contributed by atoms with E-state index in [1.807, 2.05) is 34.6 Å². The molecule has 0 aromatic heterocycles. The molecule has 0 amide bonds. The molecule has 0 rings (SSSR count). The first-order valence-corrected chi connectivity index (χ1v) is 5.38. The maximum Gasteiger partial charge on any atom is 0.00334 e. The fraction of sp³-hybridized carbons (Fsp3) is 0.692. The van der Waals surface area contributed by atoms with Crippen LogP contribution in [-0.4, -0.2) is 0 Å². The summed E-state index contributed by atoms with van der Waals surface area (Å²) in [5.74, 6) is 1.09. The first-order valence-electron chi connectivity index (χ1n) is 5.38. The molecule has 0 aromatic rings. The van der Waals surface area contributed by atoms with Gasteiger partial charge >= 0.3 is 0 Å². The molecule has 0 atom stereocenters. The molecule has 0 aliphatic heterocycles. The van der Waals surface area contributed by atoms with Crippen molar-refractivity contribution in [2.45, 2.75) is 48.5 Å². The van der Waals surface area contributed by atoms with E-state index in [2.05, 4.69) is 27.0 Å². The highest BCUT2D eigenvalue weighted by Crippen LogP contribution is 2.02. The zero-order valence-corrected chi connectivity index (χ0v) is 11.1. The minimum absolute atomic E-state index is 0.435. The summed E-state index contributed by atoms with van der Waals surface area (Å²) in [5, 5.41) is 0. The van der Waals surface area contributed by atoms with Gasteiger partial charge < -0.3 is 5.73 Å². The summed E-state index contributed by atoms with van der Waals surface area (Å²) in [7, 11) is 0. The number of allylic oxidation sites excluding steroid dienone is 2. The molecule has 0 aliphatic rings. The molecule has 1 nitrogen and oxygen atoms in total. The summed E-state index contributed by atoms with van der Waals surface area (Å²) in [6.07, 6.45) is 0. The third-order valence-corrected chi connectivity index (χ3v) is 1.73. The van der Waals surface area contributed by atoms with E-state index in [0.717, 1.165) is 5.70 Å². The van der Waals surface area contributed by atoms with Gasteiger partial charge in [-0.25, -0.2) is 0 Å². The first-order chi connectivity index (χ1) is 6.29. The Morgan fingerprint density at radius 3 is 1.07 bits per heavy atom. The second kappa shape index (κ2) is 12.3. The molecule has 0 saturated heterocycles. The summed E-state index contributed by atoms with van der Waals surface area (Å²) in [6, 6.07) is 0. The van der Waals surface area contributed by atoms with E-state index in [-0.39, 0.29) is 0 Å². The summed E-state index contributed by atoms with van der Waals surface area (Å²) in [6.45, 7) is 21.6. The molecule has 86 valence electrons. The quantitative estimate of drug-likeness (QED) is 0.657. The van der Waals surface area contributed by atoms with Gasteiger partial charge in [-0.05, 0) is 18.8 Å². The molecule has 0 spiro atoms. The molecule has 0 saturated carbocycles. The maximum absolute atomic E-state index is 5.24. The zero-order valence-electron chi connectivity index (χ0n) is 11.1. The highest BCUT2D eigenvalue weighted by molar-refractivity contribution is 4.90. The van der Waals surface area contributed by atoms with Gasteiger partial charge in [0.25, 0.3) is 0 Å². The average Bonchev–Trinajstić information content (AvgIpc) is 2.08. The molecular weight excluding hydrogens is 170 g/mol. The summed E-state index contributed by atoms with van der Waals surface area (Å²) < 4.78 is 0. The molecular formula is C13H29N. The second-order valence-corrected chi connectivity index (χ2v) is 3.73. The third kappa shape index (κ3) is 22.5. The SMILES string of the molecule is C=C(C)C(C)C.C=C(N)C(C)C.CC. The van der Waals surface area contributed by atoms with Gasteiger partial charge in [0.15, 0.2) is 0 Å². The van der Waals surface area contributed by atoms with Crippen molar-refractivity contribution >= 4 is 0 Å².